The molecule has 8 heteroatoms. The van der Waals surface area contributed by atoms with Crippen LogP contribution in [0.5, 0.6) is 0 Å². The summed E-state index contributed by atoms with van der Waals surface area (Å²) in [4.78, 5) is 14.6. The standard InChI is InChI=1S/C20H25N3O3S.ClH/c1-15-6-8-17(9-7-15)22-27(25,26)19-5-3-4-16(14-19)20(24)23(2)18-10-12-21-13-11-18;/h3-9,14,18,21-22H,10-13H2,1-2H3;1H. The van der Waals surface area contributed by atoms with Crippen LogP contribution in [0.4, 0.5) is 5.69 Å². The zero-order chi connectivity index (χ0) is 19.4. The Kier molecular flexibility index (Phi) is 7.46. The van der Waals surface area contributed by atoms with Crippen molar-refractivity contribution < 1.29 is 13.2 Å². The predicted molar refractivity (Wildman–Crippen MR) is 114 cm³/mol. The van der Waals surface area contributed by atoms with Gasteiger partial charge in [-0.3, -0.25) is 9.52 Å². The zero-order valence-electron chi connectivity index (χ0n) is 16.0. The number of piperidine rings is 1. The highest BCUT2D eigenvalue weighted by molar-refractivity contribution is 7.92. The van der Waals surface area contributed by atoms with Gasteiger partial charge in [-0.05, 0) is 63.2 Å². The predicted octanol–water partition coefficient (Wildman–Crippen LogP) is 3.04. The summed E-state index contributed by atoms with van der Waals surface area (Å²) < 4.78 is 27.9. The van der Waals surface area contributed by atoms with Crippen LogP contribution in [0.3, 0.4) is 0 Å². The van der Waals surface area contributed by atoms with E-state index in [9.17, 15) is 13.2 Å². The fourth-order valence-electron chi connectivity index (χ4n) is 3.20. The van der Waals surface area contributed by atoms with Crippen LogP contribution in [0, 0.1) is 6.92 Å². The number of aryl methyl sites for hydroxylation is 1. The lowest BCUT2D eigenvalue weighted by atomic mass is 10.0. The Labute approximate surface area is 172 Å². The average Bonchev–Trinajstić information content (AvgIpc) is 2.69. The summed E-state index contributed by atoms with van der Waals surface area (Å²) in [5.74, 6) is -0.158. The van der Waals surface area contributed by atoms with E-state index >= 15 is 0 Å². The maximum atomic E-state index is 12.8. The number of amides is 1. The first-order valence-corrected chi connectivity index (χ1v) is 10.5. The number of nitrogens with zero attached hydrogens (tertiary/aromatic N) is 1. The highest BCUT2D eigenvalue weighted by Crippen LogP contribution is 2.20. The van der Waals surface area contributed by atoms with E-state index in [0.29, 0.717) is 11.3 Å². The molecule has 1 saturated heterocycles. The van der Waals surface area contributed by atoms with Crippen molar-refractivity contribution >= 4 is 34.0 Å². The largest absolute Gasteiger partial charge is 0.339 e. The van der Waals surface area contributed by atoms with Crippen LogP contribution >= 0.6 is 12.4 Å². The molecule has 1 aliphatic heterocycles. The number of sulfonamides is 1. The molecule has 0 spiro atoms. The van der Waals surface area contributed by atoms with Crippen molar-refractivity contribution in [1.29, 1.82) is 0 Å². The summed E-state index contributed by atoms with van der Waals surface area (Å²) >= 11 is 0. The number of nitrogens with one attached hydrogen (secondary N) is 2. The number of halogens is 1. The van der Waals surface area contributed by atoms with Gasteiger partial charge in [-0.25, -0.2) is 8.42 Å². The molecule has 1 fully saturated rings. The first-order chi connectivity index (χ1) is 12.9. The first-order valence-electron chi connectivity index (χ1n) is 9.04. The van der Waals surface area contributed by atoms with Crippen molar-refractivity contribution in [3.63, 3.8) is 0 Å². The normalized spacial score (nSPS) is 14.8. The molecular formula is C20H26ClN3O3S. The molecule has 0 bridgehead atoms. The fourth-order valence-corrected chi connectivity index (χ4v) is 4.30. The lowest BCUT2D eigenvalue weighted by Crippen LogP contribution is -2.44. The van der Waals surface area contributed by atoms with Crippen LogP contribution in [0.1, 0.15) is 28.8 Å². The number of carbonyl (C=O) groups excluding carboxylic acids is 1. The SMILES string of the molecule is Cc1ccc(NS(=O)(=O)c2cccc(C(=O)N(C)C3CCNCC3)c2)cc1.Cl. The molecule has 3 rings (SSSR count). The van der Waals surface area contributed by atoms with Gasteiger partial charge >= 0.3 is 0 Å². The van der Waals surface area contributed by atoms with Gasteiger partial charge in [0.05, 0.1) is 4.90 Å². The minimum atomic E-state index is -3.76. The molecule has 152 valence electrons. The second kappa shape index (κ2) is 9.41. The molecule has 28 heavy (non-hydrogen) atoms. The highest BCUT2D eigenvalue weighted by Gasteiger charge is 2.24. The van der Waals surface area contributed by atoms with Crippen LogP contribution < -0.4 is 10.0 Å². The number of anilines is 1. The van der Waals surface area contributed by atoms with E-state index in [0.717, 1.165) is 31.5 Å². The third-order valence-corrected chi connectivity index (χ3v) is 6.25. The zero-order valence-corrected chi connectivity index (χ0v) is 17.6. The Balaban J connectivity index is 0.00000280. The molecule has 1 aliphatic rings. The molecule has 0 saturated carbocycles. The highest BCUT2D eigenvalue weighted by atomic mass is 35.5. The van der Waals surface area contributed by atoms with Gasteiger partial charge in [-0.1, -0.05) is 23.8 Å². The van der Waals surface area contributed by atoms with Crippen LogP contribution in [0.25, 0.3) is 0 Å². The Bertz CT molecular complexity index is 911. The minimum absolute atomic E-state index is 0. The van der Waals surface area contributed by atoms with Gasteiger partial charge in [0.15, 0.2) is 0 Å². The van der Waals surface area contributed by atoms with E-state index in [4.69, 9.17) is 0 Å². The molecular weight excluding hydrogens is 398 g/mol. The number of carbonyl (C=O) groups is 1. The molecule has 2 N–H and O–H groups in total. The Morgan fingerprint density at radius 1 is 1.11 bits per heavy atom. The van der Waals surface area contributed by atoms with Crippen molar-refractivity contribution in [2.45, 2.75) is 30.7 Å². The quantitative estimate of drug-likeness (QED) is 0.774. The van der Waals surface area contributed by atoms with E-state index in [1.165, 1.54) is 12.1 Å². The summed E-state index contributed by atoms with van der Waals surface area (Å²) in [5.41, 5.74) is 1.92. The van der Waals surface area contributed by atoms with Crippen LogP contribution in [0.2, 0.25) is 0 Å². The van der Waals surface area contributed by atoms with Gasteiger partial charge in [0.25, 0.3) is 15.9 Å². The van der Waals surface area contributed by atoms with Gasteiger partial charge in [0.1, 0.15) is 0 Å². The summed E-state index contributed by atoms with van der Waals surface area (Å²) in [6.07, 6.45) is 1.80. The topological polar surface area (TPSA) is 78.5 Å². The lowest BCUT2D eigenvalue weighted by molar-refractivity contribution is 0.0703. The molecule has 0 aromatic heterocycles. The van der Waals surface area contributed by atoms with Gasteiger partial charge in [-0.2, -0.15) is 0 Å². The number of hydrogen-bond acceptors (Lipinski definition) is 4. The van der Waals surface area contributed by atoms with Crippen LogP contribution in [-0.2, 0) is 10.0 Å². The van der Waals surface area contributed by atoms with Crippen molar-refractivity contribution in [2.24, 2.45) is 0 Å². The van der Waals surface area contributed by atoms with Gasteiger partial charge < -0.3 is 10.2 Å². The Morgan fingerprint density at radius 2 is 1.75 bits per heavy atom. The van der Waals surface area contributed by atoms with Crippen molar-refractivity contribution in [3.8, 4) is 0 Å². The fraction of sp³-hybridized carbons (Fsp3) is 0.350. The van der Waals surface area contributed by atoms with E-state index in [-0.39, 0.29) is 29.3 Å². The van der Waals surface area contributed by atoms with Gasteiger partial charge in [0.2, 0.25) is 0 Å². The second-order valence-electron chi connectivity index (χ2n) is 6.90. The molecule has 2 aromatic rings. The molecule has 6 nitrogen and oxygen atoms in total. The maximum Gasteiger partial charge on any atom is 0.261 e. The third kappa shape index (κ3) is 5.25. The third-order valence-electron chi connectivity index (χ3n) is 4.87. The van der Waals surface area contributed by atoms with Crippen LogP contribution in [0.15, 0.2) is 53.4 Å². The second-order valence-corrected chi connectivity index (χ2v) is 8.58. The molecule has 2 aromatic carbocycles. The van der Waals surface area contributed by atoms with E-state index in [1.807, 2.05) is 19.1 Å². The summed E-state index contributed by atoms with van der Waals surface area (Å²) in [6, 6.07) is 13.5. The van der Waals surface area contributed by atoms with Gasteiger partial charge in [0, 0.05) is 24.3 Å². The summed E-state index contributed by atoms with van der Waals surface area (Å²) in [6.45, 7) is 3.71. The maximum absolute atomic E-state index is 12.8. The number of rotatable bonds is 5. The molecule has 1 heterocycles. The van der Waals surface area contributed by atoms with E-state index in [2.05, 4.69) is 10.0 Å². The first kappa shape index (κ1) is 22.2. The molecule has 0 radical (unpaired) electrons. The molecule has 0 atom stereocenters. The minimum Gasteiger partial charge on any atom is -0.339 e. The summed E-state index contributed by atoms with van der Waals surface area (Å²) in [5, 5.41) is 3.28. The van der Waals surface area contributed by atoms with E-state index < -0.39 is 10.0 Å². The van der Waals surface area contributed by atoms with E-state index in [1.54, 1.807) is 36.2 Å². The number of benzene rings is 2. The van der Waals surface area contributed by atoms with Crippen molar-refractivity contribution in [3.05, 3.63) is 59.7 Å². The smallest absolute Gasteiger partial charge is 0.261 e. The monoisotopic (exact) mass is 423 g/mol. The average molecular weight is 424 g/mol. The lowest BCUT2D eigenvalue weighted by Gasteiger charge is -2.31. The van der Waals surface area contributed by atoms with Crippen molar-refractivity contribution in [1.82, 2.24) is 10.2 Å². The molecule has 0 unspecified atom stereocenters. The van der Waals surface area contributed by atoms with Crippen molar-refractivity contribution in [2.75, 3.05) is 24.9 Å². The Morgan fingerprint density at radius 3 is 2.39 bits per heavy atom. The molecule has 1 amide bonds. The molecule has 0 aliphatic carbocycles. The Hall–Kier alpha value is -2.09. The number of hydrogen-bond donors (Lipinski definition) is 2. The van der Waals surface area contributed by atoms with Gasteiger partial charge in [-0.15, -0.1) is 12.4 Å². The van der Waals surface area contributed by atoms with Crippen LogP contribution in [-0.4, -0.2) is 45.4 Å². The summed E-state index contributed by atoms with van der Waals surface area (Å²) in [7, 11) is -1.98.